The van der Waals surface area contributed by atoms with E-state index in [1.54, 1.807) is 0 Å². The van der Waals surface area contributed by atoms with Crippen molar-refractivity contribution in [3.8, 4) is 0 Å². The Labute approximate surface area is 127 Å². The minimum absolute atomic E-state index is 0.0273. The number of H-pyrrole nitrogens is 1. The van der Waals surface area contributed by atoms with E-state index in [-0.39, 0.29) is 11.7 Å². The zero-order chi connectivity index (χ0) is 14.9. The molecule has 0 unspecified atom stereocenters. The molecule has 118 valence electrons. The van der Waals surface area contributed by atoms with Crippen LogP contribution in [-0.2, 0) is 22.4 Å². The number of aromatic amines is 1. The molecule has 2 fully saturated rings. The van der Waals surface area contributed by atoms with Gasteiger partial charge in [0.2, 0.25) is 0 Å². The maximum atomic E-state index is 6.06. The van der Waals surface area contributed by atoms with E-state index in [9.17, 15) is 0 Å². The number of aryl methyl sites for hydroxylation is 2. The van der Waals surface area contributed by atoms with E-state index < -0.39 is 0 Å². The highest BCUT2D eigenvalue weighted by atomic mass is 16.5. The summed E-state index contributed by atoms with van der Waals surface area (Å²) in [4.78, 5) is 10.5. The average molecular weight is 293 g/mol. The predicted octanol–water partition coefficient (Wildman–Crippen LogP) is 2.05. The van der Waals surface area contributed by atoms with Gasteiger partial charge in [-0.3, -0.25) is 4.90 Å². The van der Waals surface area contributed by atoms with Crippen LogP contribution in [0.5, 0.6) is 0 Å². The molecule has 1 spiro atoms. The minimum Gasteiger partial charge on any atom is -0.377 e. The summed E-state index contributed by atoms with van der Waals surface area (Å²) >= 11 is 0. The summed E-state index contributed by atoms with van der Waals surface area (Å²) in [6.07, 6.45) is 4.51. The third-order valence-electron chi connectivity index (χ3n) is 5.02. The maximum absolute atomic E-state index is 6.06. The normalized spacial score (nSPS) is 30.3. The van der Waals surface area contributed by atoms with E-state index >= 15 is 0 Å². The molecule has 1 aromatic rings. The van der Waals surface area contributed by atoms with E-state index in [0.717, 1.165) is 57.7 Å². The largest absolute Gasteiger partial charge is 0.377 e. The summed E-state index contributed by atoms with van der Waals surface area (Å²) in [5.74, 6) is 1.08. The molecule has 0 aliphatic carbocycles. The number of hydrogen-bond donors (Lipinski definition) is 1. The molecule has 0 amide bonds. The Morgan fingerprint density at radius 3 is 2.95 bits per heavy atom. The summed E-state index contributed by atoms with van der Waals surface area (Å²) in [7, 11) is 1.81. The van der Waals surface area contributed by atoms with Crippen molar-refractivity contribution in [2.45, 2.75) is 57.8 Å². The fourth-order valence-electron chi connectivity index (χ4n) is 3.70. The van der Waals surface area contributed by atoms with Crippen molar-refractivity contribution >= 4 is 0 Å². The molecule has 0 bridgehead atoms. The van der Waals surface area contributed by atoms with Crippen LogP contribution < -0.4 is 0 Å². The molecule has 1 N–H and O–H groups in total. The van der Waals surface area contributed by atoms with Crippen LogP contribution in [0, 0.1) is 6.92 Å². The quantitative estimate of drug-likeness (QED) is 0.923. The number of likely N-dealkylation sites (tertiary alicyclic amines) is 1. The highest BCUT2D eigenvalue weighted by Crippen LogP contribution is 2.37. The molecular formula is C16H27N3O2. The van der Waals surface area contributed by atoms with Gasteiger partial charge in [0.15, 0.2) is 0 Å². The van der Waals surface area contributed by atoms with Crippen molar-refractivity contribution in [2.24, 2.45) is 0 Å². The van der Waals surface area contributed by atoms with E-state index in [4.69, 9.17) is 14.5 Å². The molecule has 3 heterocycles. The summed E-state index contributed by atoms with van der Waals surface area (Å²) in [6, 6.07) is 0. The van der Waals surface area contributed by atoms with Crippen LogP contribution in [0.2, 0.25) is 0 Å². The highest BCUT2D eigenvalue weighted by Gasteiger charge is 2.46. The van der Waals surface area contributed by atoms with Gasteiger partial charge in [-0.25, -0.2) is 4.98 Å². The Hall–Kier alpha value is -0.910. The Morgan fingerprint density at radius 1 is 1.48 bits per heavy atom. The van der Waals surface area contributed by atoms with Crippen LogP contribution >= 0.6 is 0 Å². The van der Waals surface area contributed by atoms with Gasteiger partial charge in [0.1, 0.15) is 5.82 Å². The lowest BCUT2D eigenvalue weighted by Gasteiger charge is -2.44. The topological polar surface area (TPSA) is 50.4 Å². The maximum Gasteiger partial charge on any atom is 0.106 e. The Bertz CT molecular complexity index is 480. The molecular weight excluding hydrogens is 266 g/mol. The average Bonchev–Trinajstić information content (AvgIpc) is 3.09. The van der Waals surface area contributed by atoms with E-state index in [1.165, 1.54) is 11.4 Å². The van der Waals surface area contributed by atoms with Gasteiger partial charge in [-0.2, -0.15) is 0 Å². The Kier molecular flexibility index (Phi) is 4.33. The Morgan fingerprint density at radius 2 is 2.33 bits per heavy atom. The summed E-state index contributed by atoms with van der Waals surface area (Å²) in [5, 5.41) is 0. The lowest BCUT2D eigenvalue weighted by molar-refractivity contribution is -0.143. The Balaban J connectivity index is 1.66. The zero-order valence-corrected chi connectivity index (χ0v) is 13.4. The summed E-state index contributed by atoms with van der Waals surface area (Å²) in [6.45, 7) is 8.03. The highest BCUT2D eigenvalue weighted by molar-refractivity contribution is 5.13. The van der Waals surface area contributed by atoms with Crippen LogP contribution in [-0.4, -0.2) is 53.4 Å². The number of nitrogens with one attached hydrogen (secondary N) is 1. The van der Waals surface area contributed by atoms with E-state index in [2.05, 4.69) is 23.7 Å². The molecule has 21 heavy (non-hydrogen) atoms. The van der Waals surface area contributed by atoms with Crippen molar-refractivity contribution in [1.82, 2.24) is 14.9 Å². The number of imidazole rings is 1. The molecule has 1 aromatic heterocycles. The second kappa shape index (κ2) is 6.07. The van der Waals surface area contributed by atoms with Gasteiger partial charge in [-0.1, -0.05) is 6.92 Å². The van der Waals surface area contributed by atoms with Crippen molar-refractivity contribution in [3.05, 3.63) is 17.2 Å². The molecule has 2 aliphatic heterocycles. The SMILES string of the molecule is CCc1nc(CN2CC[C@@]3(CCCO3)[C@@H](OC)C2)c(C)[nH]1. The summed E-state index contributed by atoms with van der Waals surface area (Å²) in [5.41, 5.74) is 2.34. The monoisotopic (exact) mass is 293 g/mol. The van der Waals surface area contributed by atoms with E-state index in [0.29, 0.717) is 0 Å². The first-order valence-electron chi connectivity index (χ1n) is 8.10. The van der Waals surface area contributed by atoms with Crippen molar-refractivity contribution in [3.63, 3.8) is 0 Å². The fourth-order valence-corrected chi connectivity index (χ4v) is 3.70. The molecule has 3 rings (SSSR count). The number of nitrogens with zero attached hydrogens (tertiary/aromatic N) is 2. The third-order valence-corrected chi connectivity index (χ3v) is 5.02. The number of piperidine rings is 1. The molecule has 5 nitrogen and oxygen atoms in total. The van der Waals surface area contributed by atoms with Gasteiger partial charge in [0.05, 0.1) is 17.4 Å². The fraction of sp³-hybridized carbons (Fsp3) is 0.812. The lowest BCUT2D eigenvalue weighted by Crippen LogP contribution is -2.55. The van der Waals surface area contributed by atoms with Gasteiger partial charge >= 0.3 is 0 Å². The molecule has 2 saturated heterocycles. The van der Waals surface area contributed by atoms with Crippen LogP contribution in [0.15, 0.2) is 0 Å². The molecule has 2 aliphatic rings. The first-order valence-corrected chi connectivity index (χ1v) is 8.10. The number of methoxy groups -OCH3 is 1. The zero-order valence-electron chi connectivity index (χ0n) is 13.4. The predicted molar refractivity (Wildman–Crippen MR) is 81.3 cm³/mol. The van der Waals surface area contributed by atoms with Crippen molar-refractivity contribution in [1.29, 1.82) is 0 Å². The van der Waals surface area contributed by atoms with Gasteiger partial charge in [0, 0.05) is 45.5 Å². The molecule has 0 radical (unpaired) electrons. The van der Waals surface area contributed by atoms with Crippen LogP contribution in [0.4, 0.5) is 0 Å². The second-order valence-corrected chi connectivity index (χ2v) is 6.33. The molecule has 0 saturated carbocycles. The summed E-state index contributed by atoms with van der Waals surface area (Å²) < 4.78 is 11.8. The first-order chi connectivity index (χ1) is 10.2. The van der Waals surface area contributed by atoms with Gasteiger partial charge in [-0.15, -0.1) is 0 Å². The lowest BCUT2D eigenvalue weighted by atomic mass is 9.86. The number of aromatic nitrogens is 2. The number of rotatable bonds is 4. The van der Waals surface area contributed by atoms with Crippen LogP contribution in [0.1, 0.15) is 43.4 Å². The van der Waals surface area contributed by atoms with E-state index in [1.807, 2.05) is 7.11 Å². The van der Waals surface area contributed by atoms with Gasteiger partial charge in [0.25, 0.3) is 0 Å². The standard InChI is InChI=1S/C16H27N3O2/c1-4-15-17-12(2)13(18-15)10-19-8-7-16(6-5-9-21-16)14(11-19)20-3/h14H,4-11H2,1-3H3,(H,17,18)/t14-,16-/m0/s1. The van der Waals surface area contributed by atoms with Crippen molar-refractivity contribution in [2.75, 3.05) is 26.8 Å². The van der Waals surface area contributed by atoms with Crippen LogP contribution in [0.3, 0.4) is 0 Å². The number of ether oxygens (including phenoxy) is 2. The van der Waals surface area contributed by atoms with Crippen molar-refractivity contribution < 1.29 is 9.47 Å². The second-order valence-electron chi connectivity index (χ2n) is 6.33. The number of hydrogen-bond acceptors (Lipinski definition) is 4. The first kappa shape index (κ1) is 15.0. The van der Waals surface area contributed by atoms with Crippen LogP contribution in [0.25, 0.3) is 0 Å². The molecule has 2 atom stereocenters. The molecule has 5 heteroatoms. The van der Waals surface area contributed by atoms with Gasteiger partial charge in [-0.05, 0) is 26.2 Å². The third kappa shape index (κ3) is 2.87. The minimum atomic E-state index is -0.0273. The molecule has 0 aromatic carbocycles. The smallest absolute Gasteiger partial charge is 0.106 e. The van der Waals surface area contributed by atoms with Gasteiger partial charge < -0.3 is 14.5 Å².